The van der Waals surface area contributed by atoms with Crippen LogP contribution in [0.2, 0.25) is 0 Å². The molecule has 6 heteroatoms. The van der Waals surface area contributed by atoms with E-state index >= 15 is 0 Å². The minimum atomic E-state index is -0.922. The normalized spacial score (nSPS) is 23.3. The molecule has 0 bridgehead atoms. The van der Waals surface area contributed by atoms with Gasteiger partial charge in [0.25, 0.3) is 0 Å². The zero-order chi connectivity index (χ0) is 16.4. The van der Waals surface area contributed by atoms with Crippen LogP contribution in [0.1, 0.15) is 19.3 Å². The van der Waals surface area contributed by atoms with E-state index in [1.54, 1.807) is 4.90 Å². The third-order valence-corrected chi connectivity index (χ3v) is 4.59. The molecule has 1 atom stereocenters. The van der Waals surface area contributed by atoms with Gasteiger partial charge in [0.05, 0.1) is 11.6 Å². The molecule has 2 aliphatic heterocycles. The molecule has 1 aromatic carbocycles. The second-order valence-electron chi connectivity index (χ2n) is 6.33. The molecule has 0 saturated carbocycles. The van der Waals surface area contributed by atoms with Crippen molar-refractivity contribution in [1.82, 2.24) is 4.90 Å². The Morgan fingerprint density at radius 2 is 1.96 bits per heavy atom. The molecular formula is C17H22N2O4. The van der Waals surface area contributed by atoms with Crippen LogP contribution in [0, 0.1) is 5.92 Å². The zero-order valence-corrected chi connectivity index (χ0v) is 13.3. The summed E-state index contributed by atoms with van der Waals surface area (Å²) in [5.74, 6) is -1.05. The van der Waals surface area contributed by atoms with Gasteiger partial charge in [0.15, 0.2) is 0 Å². The van der Waals surface area contributed by atoms with Gasteiger partial charge in [-0.15, -0.1) is 0 Å². The van der Waals surface area contributed by atoms with Gasteiger partial charge in [-0.05, 0) is 32.0 Å². The van der Waals surface area contributed by atoms with E-state index in [0.717, 1.165) is 25.9 Å². The molecule has 3 rings (SSSR count). The first-order chi connectivity index (χ1) is 11.0. The summed E-state index contributed by atoms with van der Waals surface area (Å²) in [5, 5.41) is 9.14. The van der Waals surface area contributed by atoms with Crippen molar-refractivity contribution in [2.24, 2.45) is 5.92 Å². The van der Waals surface area contributed by atoms with Crippen molar-refractivity contribution in [1.29, 1.82) is 0 Å². The molecule has 1 aromatic rings. The number of hydrogen-bond donors (Lipinski definition) is 1. The van der Waals surface area contributed by atoms with E-state index in [4.69, 9.17) is 9.84 Å². The topological polar surface area (TPSA) is 70.1 Å². The maximum atomic E-state index is 12.2. The molecule has 2 saturated heterocycles. The third-order valence-electron chi connectivity index (χ3n) is 4.59. The van der Waals surface area contributed by atoms with E-state index in [2.05, 4.69) is 11.9 Å². The van der Waals surface area contributed by atoms with Gasteiger partial charge < -0.3 is 19.6 Å². The average Bonchev–Trinajstić information content (AvgIpc) is 2.92. The van der Waals surface area contributed by atoms with E-state index in [0.29, 0.717) is 11.4 Å². The van der Waals surface area contributed by atoms with Crippen molar-refractivity contribution < 1.29 is 19.4 Å². The fourth-order valence-electron chi connectivity index (χ4n) is 3.17. The van der Waals surface area contributed by atoms with Crippen molar-refractivity contribution in [3.8, 4) is 5.75 Å². The highest BCUT2D eigenvalue weighted by Gasteiger charge is 2.36. The molecule has 0 unspecified atom stereocenters. The first kappa shape index (κ1) is 15.8. The van der Waals surface area contributed by atoms with Gasteiger partial charge in [0, 0.05) is 26.1 Å². The van der Waals surface area contributed by atoms with Crippen LogP contribution in [0.5, 0.6) is 5.75 Å². The van der Waals surface area contributed by atoms with Crippen LogP contribution in [0.4, 0.5) is 5.69 Å². The average molecular weight is 318 g/mol. The summed E-state index contributed by atoms with van der Waals surface area (Å²) < 4.78 is 6.12. The Morgan fingerprint density at radius 3 is 2.61 bits per heavy atom. The van der Waals surface area contributed by atoms with Gasteiger partial charge in [-0.25, -0.2) is 0 Å². The molecule has 0 aromatic heterocycles. The number of likely N-dealkylation sites (tertiary alicyclic amines) is 1. The maximum absolute atomic E-state index is 12.2. The molecule has 2 fully saturated rings. The lowest BCUT2D eigenvalue weighted by Gasteiger charge is -2.30. The fraction of sp³-hybridized carbons (Fsp3) is 0.529. The minimum Gasteiger partial charge on any atom is -0.488 e. The number of piperidine rings is 1. The zero-order valence-electron chi connectivity index (χ0n) is 13.3. The van der Waals surface area contributed by atoms with E-state index in [9.17, 15) is 9.59 Å². The largest absolute Gasteiger partial charge is 0.488 e. The van der Waals surface area contributed by atoms with Crippen LogP contribution in [-0.4, -0.2) is 54.7 Å². The molecule has 1 N–H and O–H groups in total. The summed E-state index contributed by atoms with van der Waals surface area (Å²) in [7, 11) is 2.10. The highest BCUT2D eigenvalue weighted by molar-refractivity contribution is 6.00. The number of amides is 1. The second-order valence-corrected chi connectivity index (χ2v) is 6.33. The number of hydrogen-bond acceptors (Lipinski definition) is 4. The van der Waals surface area contributed by atoms with Crippen LogP contribution >= 0.6 is 0 Å². The summed E-state index contributed by atoms with van der Waals surface area (Å²) >= 11 is 0. The lowest BCUT2D eigenvalue weighted by Crippen LogP contribution is -2.36. The van der Waals surface area contributed by atoms with Gasteiger partial charge in [-0.1, -0.05) is 12.1 Å². The molecule has 2 heterocycles. The molecule has 124 valence electrons. The Morgan fingerprint density at radius 1 is 1.26 bits per heavy atom. The monoisotopic (exact) mass is 318 g/mol. The SMILES string of the molecule is CN1CCC(Oc2ccccc2N2C[C@H](C(=O)O)CC2=O)CC1. The number of para-hydroxylation sites is 2. The number of benzene rings is 1. The van der Waals surface area contributed by atoms with E-state index in [1.807, 2.05) is 24.3 Å². The van der Waals surface area contributed by atoms with Gasteiger partial charge >= 0.3 is 5.97 Å². The Balaban J connectivity index is 1.76. The number of carbonyl (C=O) groups excluding carboxylic acids is 1. The lowest BCUT2D eigenvalue weighted by molar-refractivity contribution is -0.141. The molecule has 6 nitrogen and oxygen atoms in total. The summed E-state index contributed by atoms with van der Waals surface area (Å²) in [6.45, 7) is 2.20. The number of carboxylic acid groups (broad SMARTS) is 1. The predicted molar refractivity (Wildman–Crippen MR) is 85.7 cm³/mol. The Kier molecular flexibility index (Phi) is 4.52. The van der Waals surface area contributed by atoms with Gasteiger partial charge in [-0.3, -0.25) is 9.59 Å². The van der Waals surface area contributed by atoms with Gasteiger partial charge in [-0.2, -0.15) is 0 Å². The highest BCUT2D eigenvalue weighted by atomic mass is 16.5. The molecule has 0 radical (unpaired) electrons. The highest BCUT2D eigenvalue weighted by Crippen LogP contribution is 2.34. The standard InChI is InChI=1S/C17H22N2O4/c1-18-8-6-13(7-9-18)23-15-5-3-2-4-14(15)19-11-12(17(21)22)10-16(19)20/h2-5,12-13H,6-11H2,1H3,(H,21,22)/t12-/m1/s1. The summed E-state index contributed by atoms with van der Waals surface area (Å²) in [6.07, 6.45) is 2.10. The van der Waals surface area contributed by atoms with Gasteiger partial charge in [0.1, 0.15) is 11.9 Å². The smallest absolute Gasteiger partial charge is 0.308 e. The quantitative estimate of drug-likeness (QED) is 0.913. The number of carboxylic acids is 1. The molecule has 23 heavy (non-hydrogen) atoms. The summed E-state index contributed by atoms with van der Waals surface area (Å²) in [4.78, 5) is 27.1. The second kappa shape index (κ2) is 6.58. The van der Waals surface area contributed by atoms with Crippen molar-refractivity contribution in [2.75, 3.05) is 31.6 Å². The number of aliphatic carboxylic acids is 1. The molecule has 0 spiro atoms. The summed E-state index contributed by atoms with van der Waals surface area (Å²) in [6, 6.07) is 7.41. The van der Waals surface area contributed by atoms with Crippen molar-refractivity contribution in [3.05, 3.63) is 24.3 Å². The summed E-state index contributed by atoms with van der Waals surface area (Å²) in [5.41, 5.74) is 0.681. The first-order valence-electron chi connectivity index (χ1n) is 8.02. The first-order valence-corrected chi connectivity index (χ1v) is 8.02. The number of ether oxygens (including phenoxy) is 1. The number of rotatable bonds is 4. The van der Waals surface area contributed by atoms with Crippen LogP contribution in [-0.2, 0) is 9.59 Å². The fourth-order valence-corrected chi connectivity index (χ4v) is 3.17. The van der Waals surface area contributed by atoms with E-state index < -0.39 is 11.9 Å². The predicted octanol–water partition coefficient (Wildman–Crippen LogP) is 1.60. The third kappa shape index (κ3) is 3.47. The number of anilines is 1. The molecular weight excluding hydrogens is 296 g/mol. The van der Waals surface area contributed by atoms with Crippen LogP contribution in [0.15, 0.2) is 24.3 Å². The van der Waals surface area contributed by atoms with Crippen LogP contribution < -0.4 is 9.64 Å². The Bertz CT molecular complexity index is 596. The molecule has 2 aliphatic rings. The van der Waals surface area contributed by atoms with E-state index in [-0.39, 0.29) is 25.0 Å². The van der Waals surface area contributed by atoms with Gasteiger partial charge in [0.2, 0.25) is 5.91 Å². The lowest BCUT2D eigenvalue weighted by atomic mass is 10.1. The van der Waals surface area contributed by atoms with Crippen molar-refractivity contribution in [3.63, 3.8) is 0 Å². The van der Waals surface area contributed by atoms with Crippen molar-refractivity contribution in [2.45, 2.75) is 25.4 Å². The van der Waals surface area contributed by atoms with Crippen LogP contribution in [0.3, 0.4) is 0 Å². The molecule has 0 aliphatic carbocycles. The van der Waals surface area contributed by atoms with Crippen LogP contribution in [0.25, 0.3) is 0 Å². The minimum absolute atomic E-state index is 0.0535. The number of carbonyl (C=O) groups is 2. The molecule has 1 amide bonds. The maximum Gasteiger partial charge on any atom is 0.308 e. The van der Waals surface area contributed by atoms with E-state index in [1.165, 1.54) is 0 Å². The Hall–Kier alpha value is -2.08. The van der Waals surface area contributed by atoms with Crippen molar-refractivity contribution >= 4 is 17.6 Å². The Labute approximate surface area is 135 Å². The number of nitrogens with zero attached hydrogens (tertiary/aromatic N) is 2.